The molecule has 4 fully saturated rings. The molecule has 0 amide bonds. The highest BCUT2D eigenvalue weighted by Crippen LogP contribution is 2.69. The third kappa shape index (κ3) is 0.906. The molecule has 1 nitrogen and oxygen atoms in total. The largest absolute Gasteiger partial charge is 0.325 e. The van der Waals surface area contributed by atoms with Crippen LogP contribution >= 0.6 is 0 Å². The molecule has 0 aromatic heterocycles. The fourth-order valence-corrected chi connectivity index (χ4v) is 6.20. The second-order valence-electron chi connectivity index (χ2n) is 6.88. The molecule has 4 bridgehead atoms. The SMILES string of the molecule is CCC1(N)CC2CC1C1C3CCC(C3)C21. The molecular weight excluding hydrogens is 182 g/mol. The maximum Gasteiger partial charge on any atom is 0.0185 e. The Morgan fingerprint density at radius 2 is 1.80 bits per heavy atom. The van der Waals surface area contributed by atoms with Gasteiger partial charge in [0.15, 0.2) is 0 Å². The lowest BCUT2D eigenvalue weighted by atomic mass is 9.64. The van der Waals surface area contributed by atoms with E-state index in [0.29, 0.717) is 0 Å². The van der Waals surface area contributed by atoms with E-state index in [1.807, 2.05) is 0 Å². The molecule has 0 aliphatic heterocycles. The average Bonchev–Trinajstić information content (AvgIpc) is 2.93. The van der Waals surface area contributed by atoms with Crippen LogP contribution < -0.4 is 5.73 Å². The Hall–Kier alpha value is -0.0400. The van der Waals surface area contributed by atoms with Crippen molar-refractivity contribution in [2.75, 3.05) is 0 Å². The number of fused-ring (bicyclic) bond motifs is 9. The van der Waals surface area contributed by atoms with Crippen molar-refractivity contribution in [1.29, 1.82) is 0 Å². The van der Waals surface area contributed by atoms with Gasteiger partial charge in [-0.25, -0.2) is 0 Å². The highest BCUT2D eigenvalue weighted by Gasteiger charge is 2.65. The minimum atomic E-state index is 0.246. The van der Waals surface area contributed by atoms with Crippen molar-refractivity contribution < 1.29 is 0 Å². The maximum atomic E-state index is 6.63. The first-order valence-corrected chi connectivity index (χ1v) is 7.02. The summed E-state index contributed by atoms with van der Waals surface area (Å²) in [6.07, 6.45) is 8.73. The molecule has 4 saturated carbocycles. The first kappa shape index (κ1) is 9.04. The fraction of sp³-hybridized carbons (Fsp3) is 1.00. The summed E-state index contributed by atoms with van der Waals surface area (Å²) in [5.41, 5.74) is 6.88. The lowest BCUT2D eigenvalue weighted by molar-refractivity contribution is 0.0839. The topological polar surface area (TPSA) is 26.0 Å². The lowest BCUT2D eigenvalue weighted by Crippen LogP contribution is -2.50. The molecule has 2 N–H and O–H groups in total. The van der Waals surface area contributed by atoms with E-state index in [1.54, 1.807) is 12.8 Å². The first-order chi connectivity index (χ1) is 7.23. The highest BCUT2D eigenvalue weighted by molar-refractivity contribution is 5.16. The number of hydrogen-bond donors (Lipinski definition) is 1. The van der Waals surface area contributed by atoms with Gasteiger partial charge in [0.25, 0.3) is 0 Å². The Labute approximate surface area is 92.8 Å². The molecule has 7 atom stereocenters. The van der Waals surface area contributed by atoms with Gasteiger partial charge in [0, 0.05) is 5.54 Å². The van der Waals surface area contributed by atoms with E-state index in [2.05, 4.69) is 6.92 Å². The van der Waals surface area contributed by atoms with Crippen LogP contribution in [0.15, 0.2) is 0 Å². The predicted octanol–water partition coefficient (Wildman–Crippen LogP) is 2.80. The number of hydrogen-bond acceptors (Lipinski definition) is 1. The normalized spacial score (nSPS) is 65.2. The Morgan fingerprint density at radius 3 is 2.53 bits per heavy atom. The molecule has 4 aliphatic rings. The minimum absolute atomic E-state index is 0.246. The van der Waals surface area contributed by atoms with Gasteiger partial charge in [0.2, 0.25) is 0 Å². The van der Waals surface area contributed by atoms with E-state index in [1.165, 1.54) is 25.7 Å². The molecule has 0 heterocycles. The molecule has 15 heavy (non-hydrogen) atoms. The molecule has 0 radical (unpaired) electrons. The van der Waals surface area contributed by atoms with E-state index >= 15 is 0 Å². The van der Waals surface area contributed by atoms with Gasteiger partial charge < -0.3 is 5.73 Å². The van der Waals surface area contributed by atoms with Gasteiger partial charge in [-0.2, -0.15) is 0 Å². The molecule has 4 aliphatic carbocycles. The van der Waals surface area contributed by atoms with Gasteiger partial charge >= 0.3 is 0 Å². The van der Waals surface area contributed by atoms with Gasteiger partial charge in [0.1, 0.15) is 0 Å². The van der Waals surface area contributed by atoms with Crippen LogP contribution in [0.4, 0.5) is 0 Å². The molecule has 0 aromatic rings. The summed E-state index contributed by atoms with van der Waals surface area (Å²) >= 11 is 0. The van der Waals surface area contributed by atoms with Crippen molar-refractivity contribution in [1.82, 2.24) is 0 Å². The molecule has 0 spiro atoms. The van der Waals surface area contributed by atoms with Crippen LogP contribution in [-0.4, -0.2) is 5.54 Å². The van der Waals surface area contributed by atoms with Crippen LogP contribution in [0, 0.1) is 35.5 Å². The average molecular weight is 205 g/mol. The standard InChI is InChI=1S/C14H23N/c1-2-14(15)7-10-6-11(14)13-9-4-3-8(5-9)12(10)13/h8-13H,2-7,15H2,1H3. The summed E-state index contributed by atoms with van der Waals surface area (Å²) in [4.78, 5) is 0. The van der Waals surface area contributed by atoms with Crippen molar-refractivity contribution in [3.05, 3.63) is 0 Å². The second kappa shape index (κ2) is 2.61. The van der Waals surface area contributed by atoms with Crippen LogP contribution in [0.3, 0.4) is 0 Å². The van der Waals surface area contributed by atoms with Crippen LogP contribution in [0.2, 0.25) is 0 Å². The van der Waals surface area contributed by atoms with Gasteiger partial charge in [0.05, 0.1) is 0 Å². The van der Waals surface area contributed by atoms with Gasteiger partial charge in [-0.1, -0.05) is 6.92 Å². The van der Waals surface area contributed by atoms with E-state index in [4.69, 9.17) is 5.73 Å². The zero-order chi connectivity index (χ0) is 10.2. The monoisotopic (exact) mass is 205 g/mol. The van der Waals surface area contributed by atoms with Gasteiger partial charge in [-0.05, 0) is 74.0 Å². The van der Waals surface area contributed by atoms with Crippen molar-refractivity contribution >= 4 is 0 Å². The quantitative estimate of drug-likeness (QED) is 0.654. The van der Waals surface area contributed by atoms with E-state index in [9.17, 15) is 0 Å². The predicted molar refractivity (Wildman–Crippen MR) is 61.2 cm³/mol. The molecule has 0 saturated heterocycles. The summed E-state index contributed by atoms with van der Waals surface area (Å²) < 4.78 is 0. The minimum Gasteiger partial charge on any atom is -0.325 e. The molecule has 84 valence electrons. The third-order valence-corrected chi connectivity index (χ3v) is 6.65. The fourth-order valence-electron chi connectivity index (χ4n) is 6.20. The lowest BCUT2D eigenvalue weighted by Gasteiger charge is -2.44. The molecule has 0 aromatic carbocycles. The van der Waals surface area contributed by atoms with Crippen molar-refractivity contribution in [3.8, 4) is 0 Å². The maximum absolute atomic E-state index is 6.63. The molecule has 4 rings (SSSR count). The Kier molecular flexibility index (Phi) is 1.57. The van der Waals surface area contributed by atoms with Gasteiger partial charge in [-0.15, -0.1) is 0 Å². The van der Waals surface area contributed by atoms with E-state index in [-0.39, 0.29) is 5.54 Å². The van der Waals surface area contributed by atoms with Crippen LogP contribution in [-0.2, 0) is 0 Å². The summed E-state index contributed by atoms with van der Waals surface area (Å²) in [7, 11) is 0. The van der Waals surface area contributed by atoms with Crippen LogP contribution in [0.1, 0.15) is 45.4 Å². The third-order valence-electron chi connectivity index (χ3n) is 6.65. The Morgan fingerprint density at radius 1 is 1.07 bits per heavy atom. The first-order valence-electron chi connectivity index (χ1n) is 7.02. The van der Waals surface area contributed by atoms with Gasteiger partial charge in [-0.3, -0.25) is 0 Å². The van der Waals surface area contributed by atoms with Crippen LogP contribution in [0.25, 0.3) is 0 Å². The van der Waals surface area contributed by atoms with Crippen molar-refractivity contribution in [3.63, 3.8) is 0 Å². The Bertz CT molecular complexity index is 300. The summed E-state index contributed by atoms with van der Waals surface area (Å²) in [6.45, 7) is 2.31. The zero-order valence-electron chi connectivity index (χ0n) is 9.78. The summed E-state index contributed by atoms with van der Waals surface area (Å²) in [5.74, 6) is 6.33. The number of nitrogens with two attached hydrogens (primary N) is 1. The smallest absolute Gasteiger partial charge is 0.0185 e. The molecular formula is C14H23N. The van der Waals surface area contributed by atoms with Crippen molar-refractivity contribution in [2.24, 2.45) is 41.2 Å². The molecule has 1 heteroatoms. The summed E-state index contributed by atoms with van der Waals surface area (Å²) in [6, 6.07) is 0. The second-order valence-corrected chi connectivity index (χ2v) is 6.88. The van der Waals surface area contributed by atoms with E-state index in [0.717, 1.165) is 35.5 Å². The van der Waals surface area contributed by atoms with Crippen LogP contribution in [0.5, 0.6) is 0 Å². The Balaban J connectivity index is 1.71. The van der Waals surface area contributed by atoms with E-state index < -0.39 is 0 Å². The number of rotatable bonds is 1. The van der Waals surface area contributed by atoms with Crippen molar-refractivity contribution in [2.45, 2.75) is 51.0 Å². The zero-order valence-corrected chi connectivity index (χ0v) is 9.78. The molecule has 7 unspecified atom stereocenters. The highest BCUT2D eigenvalue weighted by atomic mass is 14.8. The summed E-state index contributed by atoms with van der Waals surface area (Å²) in [5, 5.41) is 0.